The van der Waals surface area contributed by atoms with Crippen molar-refractivity contribution in [1.82, 2.24) is 14.5 Å². The number of aromatic hydroxyl groups is 1. The summed E-state index contributed by atoms with van der Waals surface area (Å²) in [5.41, 5.74) is 11.1. The van der Waals surface area contributed by atoms with Crippen LogP contribution in [0, 0.1) is 6.92 Å². The number of fused-ring (bicyclic) bond motifs is 2. The molecule has 0 spiro atoms. The van der Waals surface area contributed by atoms with Gasteiger partial charge in [0.1, 0.15) is 5.15 Å². The largest absolute Gasteiger partial charge is 0.494 e. The van der Waals surface area contributed by atoms with Crippen molar-refractivity contribution in [3.05, 3.63) is 47.4 Å². The normalized spacial score (nSPS) is 11.5. The molecule has 3 heterocycles. The first kappa shape index (κ1) is 16.7. The fourth-order valence-corrected chi connectivity index (χ4v) is 3.59. The van der Waals surface area contributed by atoms with Crippen LogP contribution in [0.25, 0.3) is 32.9 Å². The summed E-state index contributed by atoms with van der Waals surface area (Å²) in [6.07, 6.45) is 4.49. The Morgan fingerprint density at radius 1 is 1.27 bits per heavy atom. The van der Waals surface area contributed by atoms with Crippen molar-refractivity contribution in [2.75, 3.05) is 5.73 Å². The highest BCUT2D eigenvalue weighted by Gasteiger charge is 2.18. The van der Waals surface area contributed by atoms with Gasteiger partial charge in [-0.15, -0.1) is 0 Å². The third-order valence-corrected chi connectivity index (χ3v) is 4.89. The molecule has 26 heavy (non-hydrogen) atoms. The molecule has 0 saturated heterocycles. The number of hydrogen-bond acceptors (Lipinski definition) is 4. The van der Waals surface area contributed by atoms with E-state index in [1.807, 2.05) is 37.4 Å². The predicted octanol–water partition coefficient (Wildman–Crippen LogP) is 4.91. The number of hydrogen-bond donors (Lipinski definition) is 2. The summed E-state index contributed by atoms with van der Waals surface area (Å²) in [7, 11) is 0. The van der Waals surface area contributed by atoms with Gasteiger partial charge >= 0.3 is 0 Å². The first-order valence-corrected chi connectivity index (χ1v) is 8.91. The number of pyridine rings is 2. The van der Waals surface area contributed by atoms with Crippen LogP contribution in [0.4, 0.5) is 5.69 Å². The Hall–Kier alpha value is -2.79. The molecule has 0 aliphatic heterocycles. The molecule has 5 nitrogen and oxygen atoms in total. The number of rotatable bonds is 3. The van der Waals surface area contributed by atoms with Crippen molar-refractivity contribution in [3.8, 4) is 17.0 Å². The molecule has 0 amide bonds. The van der Waals surface area contributed by atoms with Gasteiger partial charge in [0.05, 0.1) is 22.1 Å². The minimum atomic E-state index is 0.161. The molecule has 0 radical (unpaired) electrons. The molecule has 6 heteroatoms. The number of nitrogens with two attached hydrogens (primary N) is 1. The van der Waals surface area contributed by atoms with Crippen molar-refractivity contribution in [1.29, 1.82) is 0 Å². The van der Waals surface area contributed by atoms with Crippen molar-refractivity contribution in [2.45, 2.75) is 26.8 Å². The highest BCUT2D eigenvalue weighted by atomic mass is 35.5. The summed E-state index contributed by atoms with van der Waals surface area (Å²) in [4.78, 5) is 9.05. The molecule has 0 fully saturated rings. The van der Waals surface area contributed by atoms with Crippen LogP contribution in [0.5, 0.6) is 5.88 Å². The van der Waals surface area contributed by atoms with E-state index in [0.717, 1.165) is 34.0 Å². The van der Waals surface area contributed by atoms with E-state index in [2.05, 4.69) is 11.9 Å². The lowest BCUT2D eigenvalue weighted by Gasteiger charge is -2.10. The van der Waals surface area contributed by atoms with Gasteiger partial charge in [-0.05, 0) is 25.0 Å². The van der Waals surface area contributed by atoms with E-state index in [4.69, 9.17) is 22.3 Å². The maximum atomic E-state index is 10.5. The van der Waals surface area contributed by atoms with E-state index in [9.17, 15) is 5.11 Å². The van der Waals surface area contributed by atoms with Crippen LogP contribution in [-0.2, 0) is 6.54 Å². The molecule has 3 N–H and O–H groups in total. The summed E-state index contributed by atoms with van der Waals surface area (Å²) in [5, 5.41) is 12.3. The van der Waals surface area contributed by atoms with Gasteiger partial charge in [-0.2, -0.15) is 0 Å². The van der Waals surface area contributed by atoms with Gasteiger partial charge in [0, 0.05) is 35.5 Å². The lowest BCUT2D eigenvalue weighted by atomic mass is 10.0. The SMILES string of the molecule is CCCn1cc2nc3c(-c4cc(C)cnc4Cl)cccc3c(N)c2c1O. The van der Waals surface area contributed by atoms with Crippen LogP contribution in [0.3, 0.4) is 0 Å². The molecular weight excluding hydrogens is 348 g/mol. The van der Waals surface area contributed by atoms with E-state index in [1.54, 1.807) is 10.8 Å². The van der Waals surface area contributed by atoms with Gasteiger partial charge in [-0.3, -0.25) is 0 Å². The second-order valence-corrected chi connectivity index (χ2v) is 6.84. The van der Waals surface area contributed by atoms with Gasteiger partial charge in [-0.1, -0.05) is 36.7 Å². The Morgan fingerprint density at radius 2 is 2.08 bits per heavy atom. The molecule has 0 aliphatic carbocycles. The molecule has 4 aromatic rings. The highest BCUT2D eigenvalue weighted by molar-refractivity contribution is 6.32. The fourth-order valence-electron chi connectivity index (χ4n) is 3.38. The number of para-hydroxylation sites is 1. The maximum absolute atomic E-state index is 10.5. The van der Waals surface area contributed by atoms with Crippen LogP contribution in [-0.4, -0.2) is 19.6 Å². The zero-order valence-corrected chi connectivity index (χ0v) is 15.4. The quantitative estimate of drug-likeness (QED) is 0.505. The predicted molar refractivity (Wildman–Crippen MR) is 107 cm³/mol. The van der Waals surface area contributed by atoms with Gasteiger partial charge in [-0.25, -0.2) is 9.97 Å². The number of anilines is 1. The topological polar surface area (TPSA) is 77.0 Å². The van der Waals surface area contributed by atoms with Crippen LogP contribution in [0.15, 0.2) is 36.7 Å². The Kier molecular flexibility index (Phi) is 3.96. The van der Waals surface area contributed by atoms with E-state index in [1.165, 1.54) is 0 Å². The molecule has 132 valence electrons. The molecule has 0 aliphatic rings. The van der Waals surface area contributed by atoms with Gasteiger partial charge in [0.25, 0.3) is 0 Å². The lowest BCUT2D eigenvalue weighted by molar-refractivity contribution is 0.421. The smallest absolute Gasteiger partial charge is 0.202 e. The molecule has 0 bridgehead atoms. The highest BCUT2D eigenvalue weighted by Crippen LogP contribution is 2.40. The van der Waals surface area contributed by atoms with Crippen LogP contribution in [0.2, 0.25) is 5.15 Å². The number of aryl methyl sites for hydroxylation is 2. The summed E-state index contributed by atoms with van der Waals surface area (Å²) < 4.78 is 1.79. The molecule has 3 aromatic heterocycles. The molecule has 4 rings (SSSR count). The molecule has 0 unspecified atom stereocenters. The van der Waals surface area contributed by atoms with Crippen molar-refractivity contribution in [3.63, 3.8) is 0 Å². The molecule has 1 aromatic carbocycles. The van der Waals surface area contributed by atoms with Gasteiger partial charge in [0.2, 0.25) is 5.88 Å². The standard InChI is InChI=1S/C20H19ClN4O/c1-3-7-25-10-15-16(20(25)26)17(22)13-6-4-5-12(18(13)24-15)14-8-11(2)9-23-19(14)21/h4-6,8-10,26H,3,7,22H2,1-2H3. The summed E-state index contributed by atoms with van der Waals surface area (Å²) in [5.74, 6) is 0.161. The third-order valence-electron chi connectivity index (χ3n) is 4.59. The minimum Gasteiger partial charge on any atom is -0.494 e. The summed E-state index contributed by atoms with van der Waals surface area (Å²) in [6, 6.07) is 7.78. The number of halogens is 1. The number of benzene rings is 1. The van der Waals surface area contributed by atoms with E-state index < -0.39 is 0 Å². The second kappa shape index (κ2) is 6.18. The van der Waals surface area contributed by atoms with Crippen molar-refractivity contribution in [2.24, 2.45) is 0 Å². The van der Waals surface area contributed by atoms with Crippen molar-refractivity contribution < 1.29 is 5.11 Å². The molecule has 0 saturated carbocycles. The van der Waals surface area contributed by atoms with E-state index >= 15 is 0 Å². The lowest BCUT2D eigenvalue weighted by Crippen LogP contribution is -1.94. The number of aromatic nitrogens is 3. The van der Waals surface area contributed by atoms with E-state index in [0.29, 0.717) is 28.3 Å². The summed E-state index contributed by atoms with van der Waals surface area (Å²) >= 11 is 6.35. The minimum absolute atomic E-state index is 0.161. The third kappa shape index (κ3) is 2.47. The Bertz CT molecular complexity index is 1150. The fraction of sp³-hybridized carbons (Fsp3) is 0.200. The van der Waals surface area contributed by atoms with Crippen LogP contribution < -0.4 is 5.73 Å². The zero-order valence-electron chi connectivity index (χ0n) is 14.6. The number of nitrogens with zero attached hydrogens (tertiary/aromatic N) is 3. The molecular formula is C20H19ClN4O. The zero-order chi connectivity index (χ0) is 18.4. The van der Waals surface area contributed by atoms with Gasteiger partial charge < -0.3 is 15.4 Å². The average Bonchev–Trinajstić information content (AvgIpc) is 2.93. The summed E-state index contributed by atoms with van der Waals surface area (Å²) in [6.45, 7) is 4.74. The van der Waals surface area contributed by atoms with Crippen LogP contribution in [0.1, 0.15) is 18.9 Å². The first-order valence-electron chi connectivity index (χ1n) is 8.53. The van der Waals surface area contributed by atoms with Crippen LogP contribution >= 0.6 is 11.6 Å². The monoisotopic (exact) mass is 366 g/mol. The van der Waals surface area contributed by atoms with E-state index in [-0.39, 0.29) is 5.88 Å². The first-order chi connectivity index (χ1) is 12.5. The Labute approximate surface area is 156 Å². The Balaban J connectivity index is 2.08. The van der Waals surface area contributed by atoms with Gasteiger partial charge in [0.15, 0.2) is 0 Å². The average molecular weight is 367 g/mol. The Morgan fingerprint density at radius 3 is 2.85 bits per heavy atom. The number of nitrogen functional groups attached to an aromatic ring is 1. The second-order valence-electron chi connectivity index (χ2n) is 6.48. The van der Waals surface area contributed by atoms with Crippen molar-refractivity contribution >= 4 is 39.1 Å². The molecule has 0 atom stereocenters. The maximum Gasteiger partial charge on any atom is 0.202 e.